The number of aromatic nitrogens is 2. The maximum Gasteiger partial charge on any atom is 0.417 e. The molecule has 1 atom stereocenters. The molecule has 1 amide bonds. The molecule has 1 aliphatic carbocycles. The summed E-state index contributed by atoms with van der Waals surface area (Å²) in [6.07, 6.45) is 2.72. The first-order valence-corrected chi connectivity index (χ1v) is 16.7. The number of carbonyl (C=O) groups excluding carboxylic acids is 1. The van der Waals surface area contributed by atoms with E-state index in [1.807, 2.05) is 27.7 Å². The van der Waals surface area contributed by atoms with Gasteiger partial charge in [-0.3, -0.25) is 4.79 Å². The van der Waals surface area contributed by atoms with Crippen molar-refractivity contribution in [2.75, 3.05) is 6.54 Å². The Kier molecular flexibility index (Phi) is 7.87. The van der Waals surface area contributed by atoms with Gasteiger partial charge in [0.05, 0.1) is 32.7 Å². The number of halogens is 3. The van der Waals surface area contributed by atoms with Crippen LogP contribution in [0.25, 0.3) is 43.6 Å². The summed E-state index contributed by atoms with van der Waals surface area (Å²) in [5.41, 5.74) is 3.75. The molecule has 1 saturated carbocycles. The minimum absolute atomic E-state index is 0.0110. The normalized spacial score (nSPS) is 17.7. The van der Waals surface area contributed by atoms with Crippen molar-refractivity contribution in [3.05, 3.63) is 76.7 Å². The van der Waals surface area contributed by atoms with Crippen molar-refractivity contribution < 1.29 is 27.9 Å². The number of thiophene rings is 1. The van der Waals surface area contributed by atoms with Crippen LogP contribution in [0.3, 0.4) is 0 Å². The van der Waals surface area contributed by atoms with Crippen molar-refractivity contribution in [3.8, 4) is 22.5 Å². The van der Waals surface area contributed by atoms with Crippen LogP contribution in [0.4, 0.5) is 13.2 Å². The standard InChI is InChI=1S/C36H34F3N3O3S/c1-21-8-7-17-41(21)31(43)20-42-29-19-30(35(44)45)46-34(29)32(22-9-3-2-4-10-22)33(42)24-14-15-27-23(18-24)13-16-28(40-27)25-11-5-6-12-26(25)36(37,38)39/h5-6,11-16,18-19,21-22H,2-4,7-10,17,20H2,1H3,(H,44,45). The minimum Gasteiger partial charge on any atom is -0.477 e. The van der Waals surface area contributed by atoms with Gasteiger partial charge in [0.2, 0.25) is 5.91 Å². The highest BCUT2D eigenvalue weighted by Gasteiger charge is 2.34. The molecule has 0 radical (unpaired) electrons. The van der Waals surface area contributed by atoms with E-state index in [1.54, 1.807) is 24.3 Å². The number of likely N-dealkylation sites (tertiary alicyclic amines) is 1. The Bertz CT molecular complexity index is 1970. The summed E-state index contributed by atoms with van der Waals surface area (Å²) in [5.74, 6) is -0.747. The Hall–Kier alpha value is -4.18. The van der Waals surface area contributed by atoms with Gasteiger partial charge in [-0.2, -0.15) is 13.2 Å². The van der Waals surface area contributed by atoms with Crippen molar-refractivity contribution in [1.82, 2.24) is 14.5 Å². The zero-order valence-corrected chi connectivity index (χ0v) is 26.3. The Morgan fingerprint density at radius 1 is 0.978 bits per heavy atom. The molecule has 5 aromatic rings. The molecule has 10 heteroatoms. The van der Waals surface area contributed by atoms with Gasteiger partial charge >= 0.3 is 12.1 Å². The number of alkyl halides is 3. The number of nitrogens with zero attached hydrogens (tertiary/aromatic N) is 3. The first-order valence-electron chi connectivity index (χ1n) is 15.9. The lowest BCUT2D eigenvalue weighted by Crippen LogP contribution is -2.36. The van der Waals surface area contributed by atoms with Crippen LogP contribution >= 0.6 is 11.3 Å². The van der Waals surface area contributed by atoms with Crippen LogP contribution in [-0.2, 0) is 17.5 Å². The lowest BCUT2D eigenvalue weighted by atomic mass is 9.83. The molecular formula is C36H34F3N3O3S. The third-order valence-electron chi connectivity index (χ3n) is 9.63. The number of hydrogen-bond donors (Lipinski definition) is 1. The summed E-state index contributed by atoms with van der Waals surface area (Å²) < 4.78 is 44.2. The van der Waals surface area contributed by atoms with Crippen LogP contribution in [0.1, 0.15) is 78.6 Å². The second-order valence-corrected chi connectivity index (χ2v) is 13.6. The smallest absolute Gasteiger partial charge is 0.417 e. The number of amides is 1. The van der Waals surface area contributed by atoms with E-state index >= 15 is 0 Å². The summed E-state index contributed by atoms with van der Waals surface area (Å²) in [7, 11) is 0. The van der Waals surface area contributed by atoms with Crippen LogP contribution in [0.5, 0.6) is 0 Å². The molecule has 1 unspecified atom stereocenters. The number of hydrogen-bond acceptors (Lipinski definition) is 4. The molecule has 0 spiro atoms. The monoisotopic (exact) mass is 645 g/mol. The van der Waals surface area contributed by atoms with E-state index in [2.05, 4.69) is 11.9 Å². The van der Waals surface area contributed by atoms with Gasteiger partial charge in [0.15, 0.2) is 0 Å². The maximum atomic E-state index is 13.8. The molecule has 2 aromatic carbocycles. The second-order valence-electron chi connectivity index (χ2n) is 12.5. The Balaban J connectivity index is 1.39. The predicted octanol–water partition coefficient (Wildman–Crippen LogP) is 9.36. The molecule has 6 nitrogen and oxygen atoms in total. The fraction of sp³-hybridized carbons (Fsp3) is 0.361. The van der Waals surface area contributed by atoms with Gasteiger partial charge in [-0.25, -0.2) is 9.78 Å². The van der Waals surface area contributed by atoms with Crippen molar-refractivity contribution in [2.24, 2.45) is 0 Å². The average molecular weight is 646 g/mol. The molecule has 2 aliphatic rings. The molecule has 1 saturated heterocycles. The molecule has 238 valence electrons. The van der Waals surface area contributed by atoms with Crippen LogP contribution in [0.15, 0.2) is 60.7 Å². The molecular weight excluding hydrogens is 611 g/mol. The molecule has 1 aliphatic heterocycles. The number of fused-ring (bicyclic) bond motifs is 2. The average Bonchev–Trinajstić information content (AvgIpc) is 3.75. The van der Waals surface area contributed by atoms with E-state index in [9.17, 15) is 27.9 Å². The van der Waals surface area contributed by atoms with E-state index in [1.165, 1.54) is 23.5 Å². The van der Waals surface area contributed by atoms with E-state index in [0.717, 1.165) is 83.4 Å². The van der Waals surface area contributed by atoms with E-state index in [4.69, 9.17) is 0 Å². The van der Waals surface area contributed by atoms with Crippen molar-refractivity contribution in [3.63, 3.8) is 0 Å². The number of carbonyl (C=O) groups is 2. The molecule has 4 heterocycles. The molecule has 0 bridgehead atoms. The Morgan fingerprint density at radius 2 is 1.76 bits per heavy atom. The largest absolute Gasteiger partial charge is 0.477 e. The number of rotatable bonds is 6. The lowest BCUT2D eigenvalue weighted by Gasteiger charge is -2.25. The van der Waals surface area contributed by atoms with Gasteiger partial charge in [0, 0.05) is 23.5 Å². The summed E-state index contributed by atoms with van der Waals surface area (Å²) >= 11 is 1.27. The zero-order chi connectivity index (χ0) is 32.2. The predicted molar refractivity (Wildman–Crippen MR) is 174 cm³/mol. The maximum absolute atomic E-state index is 13.8. The second kappa shape index (κ2) is 11.9. The highest BCUT2D eigenvalue weighted by molar-refractivity contribution is 7.21. The summed E-state index contributed by atoms with van der Waals surface area (Å²) in [5, 5.41) is 10.7. The van der Waals surface area contributed by atoms with Crippen molar-refractivity contribution in [2.45, 2.75) is 76.6 Å². The van der Waals surface area contributed by atoms with Crippen LogP contribution in [0.2, 0.25) is 0 Å². The van der Waals surface area contributed by atoms with Crippen molar-refractivity contribution >= 4 is 44.3 Å². The number of pyridine rings is 1. The van der Waals surface area contributed by atoms with Gasteiger partial charge in [-0.05, 0) is 80.0 Å². The molecule has 46 heavy (non-hydrogen) atoms. The summed E-state index contributed by atoms with van der Waals surface area (Å²) in [4.78, 5) is 32.7. The fourth-order valence-electron chi connectivity index (χ4n) is 7.41. The number of carboxylic acids is 1. The third-order valence-corrected chi connectivity index (χ3v) is 10.8. The van der Waals surface area contributed by atoms with Gasteiger partial charge in [0.1, 0.15) is 11.4 Å². The van der Waals surface area contributed by atoms with E-state index in [0.29, 0.717) is 12.1 Å². The molecule has 1 N–H and O–H groups in total. The highest BCUT2D eigenvalue weighted by atomic mass is 32.1. The van der Waals surface area contributed by atoms with Crippen LogP contribution in [-0.4, -0.2) is 44.0 Å². The highest BCUT2D eigenvalue weighted by Crippen LogP contribution is 2.47. The molecule has 7 rings (SSSR count). The quantitative estimate of drug-likeness (QED) is 0.200. The minimum atomic E-state index is -4.50. The first-order chi connectivity index (χ1) is 22.1. The lowest BCUT2D eigenvalue weighted by molar-refractivity contribution is -0.137. The van der Waals surface area contributed by atoms with Crippen LogP contribution in [0, 0.1) is 0 Å². The van der Waals surface area contributed by atoms with Gasteiger partial charge in [-0.1, -0.05) is 49.6 Å². The summed E-state index contributed by atoms with van der Waals surface area (Å²) in [6, 6.07) is 16.5. The number of carboxylic acid groups (broad SMARTS) is 1. The third kappa shape index (κ3) is 5.46. The first kappa shape index (κ1) is 30.5. The Labute approximate surface area is 268 Å². The van der Waals surface area contributed by atoms with Gasteiger partial charge < -0.3 is 14.6 Å². The molecule has 3 aromatic heterocycles. The Morgan fingerprint density at radius 3 is 2.48 bits per heavy atom. The zero-order valence-electron chi connectivity index (χ0n) is 25.4. The van der Waals surface area contributed by atoms with E-state index < -0.39 is 17.7 Å². The molecule has 2 fully saturated rings. The number of benzene rings is 2. The van der Waals surface area contributed by atoms with E-state index in [-0.39, 0.29) is 40.5 Å². The van der Waals surface area contributed by atoms with Crippen LogP contribution < -0.4 is 0 Å². The summed E-state index contributed by atoms with van der Waals surface area (Å²) in [6.45, 7) is 2.87. The van der Waals surface area contributed by atoms with Gasteiger partial charge in [0.25, 0.3) is 0 Å². The van der Waals surface area contributed by atoms with Gasteiger partial charge in [-0.15, -0.1) is 11.3 Å². The number of aromatic carboxylic acids is 1. The fourth-order valence-corrected chi connectivity index (χ4v) is 8.53. The SMILES string of the molecule is CC1CCCN1C(=O)Cn1c(-c2ccc3nc(-c4ccccc4C(F)(F)F)ccc3c2)c(C2CCCCC2)c2sc(C(=O)O)cc21. The topological polar surface area (TPSA) is 75.4 Å². The van der Waals surface area contributed by atoms with Crippen molar-refractivity contribution in [1.29, 1.82) is 0 Å².